The van der Waals surface area contributed by atoms with Crippen molar-refractivity contribution in [2.45, 2.75) is 6.42 Å². The van der Waals surface area contributed by atoms with Crippen LogP contribution in [-0.4, -0.2) is 21.5 Å². The van der Waals surface area contributed by atoms with Gasteiger partial charge in [0, 0.05) is 13.5 Å². The number of rotatable bonds is 2. The summed E-state index contributed by atoms with van der Waals surface area (Å²) in [6.07, 6.45) is 0.538. The molecule has 0 radical (unpaired) electrons. The monoisotopic (exact) mass is 142 g/mol. The second-order valence-corrected chi connectivity index (χ2v) is 2.05. The fourth-order valence-electron chi connectivity index (χ4n) is 0.763. The molecule has 0 spiro atoms. The van der Waals surface area contributed by atoms with Crippen LogP contribution < -0.4 is 11.3 Å². The average molecular weight is 142 g/mol. The fourth-order valence-corrected chi connectivity index (χ4v) is 0.763. The normalized spacial score (nSPS) is 10.2. The third kappa shape index (κ3) is 1.24. The lowest BCUT2D eigenvalue weighted by Gasteiger charge is -1.85. The van der Waals surface area contributed by atoms with Gasteiger partial charge >= 0.3 is 0 Å². The highest BCUT2D eigenvalue weighted by atomic mass is 16.1. The Balaban J connectivity index is 2.92. The SMILES string of the molecule is Cn1nc(CCN)c(=O)[nH]1. The van der Waals surface area contributed by atoms with Crippen molar-refractivity contribution in [1.82, 2.24) is 15.0 Å². The number of H-pyrrole nitrogens is 1. The molecule has 0 unspecified atom stereocenters. The largest absolute Gasteiger partial charge is 0.330 e. The number of nitrogens with one attached hydrogen (secondary N) is 1. The van der Waals surface area contributed by atoms with Crippen molar-refractivity contribution in [2.75, 3.05) is 6.54 Å². The molecule has 1 aromatic heterocycles. The first-order valence-corrected chi connectivity index (χ1v) is 3.06. The molecule has 56 valence electrons. The van der Waals surface area contributed by atoms with Crippen molar-refractivity contribution in [1.29, 1.82) is 0 Å². The van der Waals surface area contributed by atoms with Crippen LogP contribution in [0.4, 0.5) is 0 Å². The summed E-state index contributed by atoms with van der Waals surface area (Å²) in [5, 5.41) is 6.36. The number of nitrogens with zero attached hydrogens (tertiary/aromatic N) is 2. The van der Waals surface area contributed by atoms with E-state index in [0.29, 0.717) is 18.7 Å². The quantitative estimate of drug-likeness (QED) is 0.533. The van der Waals surface area contributed by atoms with E-state index in [1.165, 1.54) is 4.80 Å². The first-order valence-electron chi connectivity index (χ1n) is 3.06. The Hall–Kier alpha value is -1.10. The van der Waals surface area contributed by atoms with Crippen molar-refractivity contribution >= 4 is 0 Å². The van der Waals surface area contributed by atoms with Gasteiger partial charge in [-0.2, -0.15) is 5.10 Å². The Labute approximate surface area is 57.8 Å². The maximum absolute atomic E-state index is 10.8. The van der Waals surface area contributed by atoms with E-state index in [9.17, 15) is 4.79 Å². The summed E-state index contributed by atoms with van der Waals surface area (Å²) in [7, 11) is 1.67. The highest BCUT2D eigenvalue weighted by molar-refractivity contribution is 4.92. The highest BCUT2D eigenvalue weighted by Gasteiger charge is 2.00. The van der Waals surface area contributed by atoms with E-state index >= 15 is 0 Å². The van der Waals surface area contributed by atoms with Crippen molar-refractivity contribution in [3.63, 3.8) is 0 Å². The molecule has 0 amide bonds. The van der Waals surface area contributed by atoms with Gasteiger partial charge in [0.1, 0.15) is 5.69 Å². The predicted octanol–water partition coefficient (Wildman–Crippen LogP) is -1.39. The van der Waals surface area contributed by atoms with Crippen molar-refractivity contribution in [3.05, 3.63) is 16.0 Å². The summed E-state index contributed by atoms with van der Waals surface area (Å²) in [5.41, 5.74) is 5.60. The summed E-state index contributed by atoms with van der Waals surface area (Å²) < 4.78 is 0. The molecular formula is C5H10N4O. The molecule has 1 aromatic rings. The van der Waals surface area contributed by atoms with Gasteiger partial charge < -0.3 is 5.73 Å². The number of aryl methyl sites for hydroxylation is 1. The van der Waals surface area contributed by atoms with Gasteiger partial charge in [0.15, 0.2) is 0 Å². The molecule has 10 heavy (non-hydrogen) atoms. The topological polar surface area (TPSA) is 76.7 Å². The van der Waals surface area contributed by atoms with Crippen molar-refractivity contribution in [3.8, 4) is 0 Å². The fraction of sp³-hybridized carbons (Fsp3) is 0.600. The minimum Gasteiger partial charge on any atom is -0.330 e. The Bertz CT molecular complexity index is 261. The molecule has 0 fully saturated rings. The number of aromatic amines is 1. The standard InChI is InChI=1S/C5H10N4O/c1-9-7-4(2-3-6)5(10)8-9/h2-3,6H2,1H3,(H,8,10). The minimum absolute atomic E-state index is 0.145. The first-order chi connectivity index (χ1) is 4.74. The van der Waals surface area contributed by atoms with E-state index in [4.69, 9.17) is 5.73 Å². The van der Waals surface area contributed by atoms with Gasteiger partial charge in [-0.3, -0.25) is 4.79 Å². The smallest absolute Gasteiger partial charge is 0.287 e. The average Bonchev–Trinajstić information content (AvgIpc) is 2.13. The Kier molecular flexibility index (Phi) is 1.86. The Morgan fingerprint density at radius 1 is 1.80 bits per heavy atom. The highest BCUT2D eigenvalue weighted by Crippen LogP contribution is 1.80. The van der Waals surface area contributed by atoms with Gasteiger partial charge in [-0.15, -0.1) is 0 Å². The summed E-state index contributed by atoms with van der Waals surface area (Å²) in [4.78, 5) is 12.2. The molecule has 0 aliphatic rings. The van der Waals surface area contributed by atoms with E-state index in [0.717, 1.165) is 0 Å². The lowest BCUT2D eigenvalue weighted by molar-refractivity contribution is 0.641. The van der Waals surface area contributed by atoms with E-state index in [1.54, 1.807) is 7.05 Å². The van der Waals surface area contributed by atoms with Gasteiger partial charge in [0.25, 0.3) is 5.56 Å². The van der Waals surface area contributed by atoms with Crippen LogP contribution >= 0.6 is 0 Å². The molecule has 0 bridgehead atoms. The molecule has 0 saturated heterocycles. The minimum atomic E-state index is -0.145. The zero-order valence-electron chi connectivity index (χ0n) is 5.79. The second-order valence-electron chi connectivity index (χ2n) is 2.05. The zero-order chi connectivity index (χ0) is 7.56. The van der Waals surface area contributed by atoms with Crippen LogP contribution in [0.25, 0.3) is 0 Å². The predicted molar refractivity (Wildman–Crippen MR) is 36.6 cm³/mol. The molecule has 3 N–H and O–H groups in total. The molecule has 1 rings (SSSR count). The molecular weight excluding hydrogens is 132 g/mol. The van der Waals surface area contributed by atoms with Crippen LogP contribution in [0, 0.1) is 0 Å². The van der Waals surface area contributed by atoms with Gasteiger partial charge in [0.05, 0.1) is 0 Å². The summed E-state index contributed by atoms with van der Waals surface area (Å²) in [6, 6.07) is 0. The molecule has 1 heterocycles. The molecule has 0 aliphatic carbocycles. The summed E-state index contributed by atoms with van der Waals surface area (Å²) in [6.45, 7) is 0.458. The Morgan fingerprint density at radius 3 is 2.90 bits per heavy atom. The van der Waals surface area contributed by atoms with Crippen LogP contribution in [-0.2, 0) is 13.5 Å². The number of hydrogen-bond donors (Lipinski definition) is 2. The molecule has 0 saturated carbocycles. The maximum atomic E-state index is 10.8. The maximum Gasteiger partial charge on any atom is 0.287 e. The molecule has 5 heteroatoms. The third-order valence-electron chi connectivity index (χ3n) is 1.18. The second kappa shape index (κ2) is 2.66. The molecule has 0 aromatic carbocycles. The summed E-state index contributed by atoms with van der Waals surface area (Å²) in [5.74, 6) is 0. The van der Waals surface area contributed by atoms with E-state index < -0.39 is 0 Å². The van der Waals surface area contributed by atoms with E-state index in [2.05, 4.69) is 10.2 Å². The van der Waals surface area contributed by atoms with E-state index in [1.807, 2.05) is 0 Å². The Morgan fingerprint density at radius 2 is 2.50 bits per heavy atom. The van der Waals surface area contributed by atoms with Crippen LogP contribution in [0.1, 0.15) is 5.69 Å². The molecule has 0 atom stereocenters. The number of hydrogen-bond acceptors (Lipinski definition) is 3. The zero-order valence-corrected chi connectivity index (χ0v) is 5.79. The van der Waals surface area contributed by atoms with E-state index in [-0.39, 0.29) is 5.56 Å². The lowest BCUT2D eigenvalue weighted by atomic mass is 10.3. The van der Waals surface area contributed by atoms with Gasteiger partial charge in [-0.1, -0.05) is 0 Å². The van der Waals surface area contributed by atoms with Gasteiger partial charge in [-0.25, -0.2) is 9.90 Å². The third-order valence-corrected chi connectivity index (χ3v) is 1.18. The first kappa shape index (κ1) is 7.01. The van der Waals surface area contributed by atoms with Crippen LogP contribution in [0.5, 0.6) is 0 Å². The number of nitrogens with two attached hydrogens (primary N) is 1. The van der Waals surface area contributed by atoms with Crippen molar-refractivity contribution in [2.24, 2.45) is 12.8 Å². The van der Waals surface area contributed by atoms with Crippen molar-refractivity contribution < 1.29 is 0 Å². The molecule has 5 nitrogen and oxygen atoms in total. The lowest BCUT2D eigenvalue weighted by Crippen LogP contribution is -2.12. The van der Waals surface area contributed by atoms with Crippen LogP contribution in [0.3, 0.4) is 0 Å². The molecule has 0 aliphatic heterocycles. The van der Waals surface area contributed by atoms with Crippen LogP contribution in [0.15, 0.2) is 4.79 Å². The van der Waals surface area contributed by atoms with Crippen LogP contribution in [0.2, 0.25) is 0 Å². The van der Waals surface area contributed by atoms with Gasteiger partial charge in [0.2, 0.25) is 0 Å². The number of aromatic nitrogens is 3. The van der Waals surface area contributed by atoms with Gasteiger partial charge in [-0.05, 0) is 6.54 Å². The summed E-state index contributed by atoms with van der Waals surface area (Å²) >= 11 is 0.